The lowest BCUT2D eigenvalue weighted by atomic mass is 9.97. The van der Waals surface area contributed by atoms with Crippen molar-refractivity contribution in [3.63, 3.8) is 0 Å². The molecule has 0 saturated carbocycles. The van der Waals surface area contributed by atoms with Crippen LogP contribution in [0.4, 0.5) is 0 Å². The standard InChI is InChI=1S/C26H24N2O5/c1-31-28-25(21-5-3-2-4-6-21)18-33-23-11-7-19(8-12-23)17-32-24-13-9-20(10-14-24)22(16-27)15-26(29)30/h2-14,18,22,28H,15,17H2,1H3,(H,29,30). The van der Waals surface area contributed by atoms with Crippen molar-refractivity contribution in [2.45, 2.75) is 18.9 Å². The maximum atomic E-state index is 10.9. The summed E-state index contributed by atoms with van der Waals surface area (Å²) in [7, 11) is 1.54. The molecule has 0 saturated heterocycles. The molecule has 3 aromatic carbocycles. The number of hydrogen-bond acceptors (Lipinski definition) is 6. The van der Waals surface area contributed by atoms with Gasteiger partial charge in [0, 0.05) is 5.56 Å². The van der Waals surface area contributed by atoms with Gasteiger partial charge in [-0.15, -0.1) is 0 Å². The highest BCUT2D eigenvalue weighted by Crippen LogP contribution is 2.23. The number of carbonyl (C=O) groups is 1. The molecule has 0 spiro atoms. The van der Waals surface area contributed by atoms with Crippen LogP contribution in [0.1, 0.15) is 29.0 Å². The molecule has 0 amide bonds. The highest BCUT2D eigenvalue weighted by Gasteiger charge is 2.14. The quantitative estimate of drug-likeness (QED) is 0.321. The zero-order valence-corrected chi connectivity index (χ0v) is 18.1. The molecule has 168 valence electrons. The summed E-state index contributed by atoms with van der Waals surface area (Å²) < 4.78 is 11.5. The van der Waals surface area contributed by atoms with Crippen molar-refractivity contribution < 1.29 is 24.2 Å². The SMILES string of the molecule is CONC(=COc1ccc(COc2ccc(C(C#N)CC(=O)O)cc2)cc1)c1ccccc1. The number of aliphatic carboxylic acids is 1. The number of carboxylic acids is 1. The maximum Gasteiger partial charge on any atom is 0.305 e. The molecule has 1 atom stereocenters. The van der Waals surface area contributed by atoms with Crippen LogP contribution in [0.25, 0.3) is 5.70 Å². The minimum absolute atomic E-state index is 0.227. The van der Waals surface area contributed by atoms with Crippen molar-refractivity contribution in [2.75, 3.05) is 7.11 Å². The zero-order valence-electron chi connectivity index (χ0n) is 18.1. The first-order valence-corrected chi connectivity index (χ1v) is 10.2. The molecule has 0 fully saturated rings. The van der Waals surface area contributed by atoms with Crippen LogP contribution in [0.15, 0.2) is 85.1 Å². The zero-order chi connectivity index (χ0) is 23.5. The molecule has 2 N–H and O–H groups in total. The smallest absolute Gasteiger partial charge is 0.305 e. The van der Waals surface area contributed by atoms with Gasteiger partial charge in [0.2, 0.25) is 0 Å². The number of rotatable bonds is 11. The third-order valence-corrected chi connectivity index (χ3v) is 4.76. The lowest BCUT2D eigenvalue weighted by Crippen LogP contribution is -2.11. The average Bonchev–Trinajstić information content (AvgIpc) is 2.85. The molecule has 1 unspecified atom stereocenters. The Kier molecular flexibility index (Phi) is 8.46. The van der Waals surface area contributed by atoms with Crippen LogP contribution in [0.5, 0.6) is 11.5 Å². The van der Waals surface area contributed by atoms with Crippen LogP contribution in [0.3, 0.4) is 0 Å². The van der Waals surface area contributed by atoms with Crippen LogP contribution in [0.2, 0.25) is 0 Å². The van der Waals surface area contributed by atoms with Crippen molar-refractivity contribution in [1.82, 2.24) is 5.48 Å². The molecule has 0 radical (unpaired) electrons. The van der Waals surface area contributed by atoms with Crippen LogP contribution in [-0.2, 0) is 16.2 Å². The molecule has 0 aliphatic carbocycles. The Morgan fingerprint density at radius 3 is 2.30 bits per heavy atom. The van der Waals surface area contributed by atoms with Gasteiger partial charge in [-0.1, -0.05) is 54.6 Å². The number of hydrogen-bond donors (Lipinski definition) is 2. The number of nitriles is 1. The summed E-state index contributed by atoms with van der Waals surface area (Å²) in [6, 6.07) is 26.1. The summed E-state index contributed by atoms with van der Waals surface area (Å²) >= 11 is 0. The largest absolute Gasteiger partial charge is 0.489 e. The predicted octanol–water partition coefficient (Wildman–Crippen LogP) is 4.88. The lowest BCUT2D eigenvalue weighted by Gasteiger charge is -2.11. The summed E-state index contributed by atoms with van der Waals surface area (Å²) in [5.74, 6) is -0.390. The molecule has 7 heteroatoms. The maximum absolute atomic E-state index is 10.9. The highest BCUT2D eigenvalue weighted by molar-refractivity contribution is 5.68. The van der Waals surface area contributed by atoms with Gasteiger partial charge >= 0.3 is 5.97 Å². The second-order valence-electron chi connectivity index (χ2n) is 7.10. The molecule has 0 bridgehead atoms. The minimum atomic E-state index is -1.00. The number of ether oxygens (including phenoxy) is 2. The lowest BCUT2D eigenvalue weighted by molar-refractivity contribution is -0.137. The van der Waals surface area contributed by atoms with Gasteiger partial charge in [-0.05, 0) is 35.4 Å². The van der Waals surface area contributed by atoms with E-state index in [4.69, 9.17) is 24.7 Å². The van der Waals surface area contributed by atoms with Crippen LogP contribution < -0.4 is 15.0 Å². The first-order valence-electron chi connectivity index (χ1n) is 10.2. The number of benzene rings is 3. The van der Waals surface area contributed by atoms with Crippen LogP contribution in [0, 0.1) is 11.3 Å². The highest BCUT2D eigenvalue weighted by atomic mass is 16.6. The van der Waals surface area contributed by atoms with Crippen molar-refractivity contribution >= 4 is 11.7 Å². The number of nitrogens with zero attached hydrogens (tertiary/aromatic N) is 1. The monoisotopic (exact) mass is 444 g/mol. The van der Waals surface area contributed by atoms with E-state index < -0.39 is 11.9 Å². The van der Waals surface area contributed by atoms with Crippen molar-refractivity contribution in [1.29, 1.82) is 5.26 Å². The topological polar surface area (TPSA) is 101 Å². The molecule has 3 rings (SSSR count). The predicted molar refractivity (Wildman–Crippen MR) is 123 cm³/mol. The van der Waals surface area contributed by atoms with E-state index in [1.165, 1.54) is 7.11 Å². The third-order valence-electron chi connectivity index (χ3n) is 4.76. The molecule has 7 nitrogen and oxygen atoms in total. The van der Waals surface area contributed by atoms with E-state index in [2.05, 4.69) is 5.48 Å². The van der Waals surface area contributed by atoms with E-state index in [0.717, 1.165) is 11.1 Å². The molecule has 0 aromatic heterocycles. The Morgan fingerprint density at radius 1 is 1.03 bits per heavy atom. The van der Waals surface area contributed by atoms with Gasteiger partial charge in [0.15, 0.2) is 0 Å². The fourth-order valence-corrected chi connectivity index (χ4v) is 3.05. The Balaban J connectivity index is 1.56. The third kappa shape index (κ3) is 7.13. The Hall–Kier alpha value is -4.28. The average molecular weight is 444 g/mol. The fourth-order valence-electron chi connectivity index (χ4n) is 3.05. The Morgan fingerprint density at radius 2 is 1.70 bits per heavy atom. The summed E-state index contributed by atoms with van der Waals surface area (Å²) in [4.78, 5) is 15.9. The van der Waals surface area contributed by atoms with Gasteiger partial charge in [0.05, 0.1) is 25.5 Å². The van der Waals surface area contributed by atoms with Gasteiger partial charge in [-0.3, -0.25) is 15.1 Å². The van der Waals surface area contributed by atoms with Gasteiger partial charge < -0.3 is 14.6 Å². The molecule has 33 heavy (non-hydrogen) atoms. The molecule has 0 heterocycles. The fraction of sp³-hybridized carbons (Fsp3) is 0.154. The second kappa shape index (κ2) is 11.9. The summed E-state index contributed by atoms with van der Waals surface area (Å²) in [5.41, 5.74) is 6.04. The molecule has 0 aliphatic heterocycles. The van der Waals surface area contributed by atoms with E-state index in [-0.39, 0.29) is 6.42 Å². The van der Waals surface area contributed by atoms with Crippen molar-refractivity contribution in [2.24, 2.45) is 0 Å². The van der Waals surface area contributed by atoms with Gasteiger partial charge in [-0.25, -0.2) is 0 Å². The van der Waals surface area contributed by atoms with Gasteiger partial charge in [-0.2, -0.15) is 5.26 Å². The van der Waals surface area contributed by atoms with Gasteiger partial charge in [0.1, 0.15) is 30.1 Å². The van der Waals surface area contributed by atoms with Crippen LogP contribution in [-0.4, -0.2) is 18.2 Å². The number of carboxylic acid groups (broad SMARTS) is 1. The molecular weight excluding hydrogens is 420 g/mol. The molecule has 3 aromatic rings. The Bertz CT molecular complexity index is 1100. The van der Waals surface area contributed by atoms with E-state index >= 15 is 0 Å². The summed E-state index contributed by atoms with van der Waals surface area (Å²) in [6.07, 6.45) is 1.36. The molecule has 0 aliphatic rings. The summed E-state index contributed by atoms with van der Waals surface area (Å²) in [6.45, 7) is 0.354. The minimum Gasteiger partial charge on any atom is -0.489 e. The first kappa shape index (κ1) is 23.4. The first-order chi connectivity index (χ1) is 16.1. The normalized spacial score (nSPS) is 11.8. The van der Waals surface area contributed by atoms with Gasteiger partial charge in [0.25, 0.3) is 0 Å². The van der Waals surface area contributed by atoms with E-state index in [0.29, 0.717) is 29.4 Å². The number of hydroxylamine groups is 1. The second-order valence-corrected chi connectivity index (χ2v) is 7.10. The van der Waals surface area contributed by atoms with E-state index in [9.17, 15) is 4.79 Å². The molecular formula is C26H24N2O5. The number of nitrogens with one attached hydrogen (secondary N) is 1. The summed E-state index contributed by atoms with van der Waals surface area (Å²) in [5, 5.41) is 18.1. The Labute approximate surface area is 192 Å². The van der Waals surface area contributed by atoms with Crippen molar-refractivity contribution in [3.8, 4) is 17.6 Å². The van der Waals surface area contributed by atoms with Crippen molar-refractivity contribution in [3.05, 3.63) is 102 Å². The van der Waals surface area contributed by atoms with Crippen LogP contribution >= 0.6 is 0 Å². The van der Waals surface area contributed by atoms with E-state index in [1.807, 2.05) is 60.7 Å². The van der Waals surface area contributed by atoms with E-state index in [1.54, 1.807) is 30.5 Å².